The highest BCUT2D eigenvalue weighted by atomic mass is 32.2. The molecule has 12 heteroatoms. The molecule has 0 fully saturated rings. The number of carbonyl (C=O) groups is 2. The largest absolute Gasteiger partial charge is 0.497 e. The van der Waals surface area contributed by atoms with Crippen molar-refractivity contribution in [2.45, 2.75) is 44.7 Å². The first kappa shape index (κ1) is 31.1. The zero-order chi connectivity index (χ0) is 30.3. The van der Waals surface area contributed by atoms with E-state index in [1.165, 1.54) is 50.2 Å². The number of nitro benzene ring substituents is 1. The number of likely N-dealkylation sites (N-methyl/N-ethyl adjacent to an activating group) is 1. The van der Waals surface area contributed by atoms with Crippen molar-refractivity contribution in [3.05, 3.63) is 93.5 Å². The van der Waals surface area contributed by atoms with Gasteiger partial charge >= 0.3 is 0 Å². The van der Waals surface area contributed by atoms with E-state index < -0.39 is 33.4 Å². The van der Waals surface area contributed by atoms with Gasteiger partial charge in [0.15, 0.2) is 0 Å². The molecular formula is C29H34N4O7S. The number of sulfonamides is 1. The van der Waals surface area contributed by atoms with Crippen molar-refractivity contribution in [2.75, 3.05) is 25.0 Å². The Hall–Kier alpha value is -4.45. The van der Waals surface area contributed by atoms with Gasteiger partial charge in [0.2, 0.25) is 11.8 Å². The molecule has 0 aromatic heterocycles. The van der Waals surface area contributed by atoms with Gasteiger partial charge in [0.05, 0.1) is 22.6 Å². The highest BCUT2D eigenvalue weighted by Gasteiger charge is 2.34. The van der Waals surface area contributed by atoms with Crippen molar-refractivity contribution < 1.29 is 27.7 Å². The number of anilines is 1. The Morgan fingerprint density at radius 3 is 2.29 bits per heavy atom. The average molecular weight is 583 g/mol. The van der Waals surface area contributed by atoms with E-state index in [1.807, 2.05) is 31.2 Å². The van der Waals surface area contributed by atoms with Crippen LogP contribution in [0.4, 0.5) is 11.4 Å². The van der Waals surface area contributed by atoms with Gasteiger partial charge in [0, 0.05) is 25.2 Å². The maximum Gasteiger partial charge on any atom is 0.273 e. The monoisotopic (exact) mass is 582 g/mol. The van der Waals surface area contributed by atoms with Crippen LogP contribution in [0, 0.1) is 24.0 Å². The summed E-state index contributed by atoms with van der Waals surface area (Å²) in [5.41, 5.74) is 1.81. The molecule has 0 spiro atoms. The molecule has 1 atom stereocenters. The van der Waals surface area contributed by atoms with E-state index >= 15 is 0 Å². The number of ether oxygens (including phenoxy) is 1. The van der Waals surface area contributed by atoms with Crippen molar-refractivity contribution in [1.82, 2.24) is 10.2 Å². The number of carbonyl (C=O) groups excluding carboxylic acids is 2. The molecule has 0 aliphatic carbocycles. The third-order valence-corrected chi connectivity index (χ3v) is 8.44. The Balaban J connectivity index is 2.12. The topological polar surface area (TPSA) is 139 Å². The summed E-state index contributed by atoms with van der Waals surface area (Å²) in [7, 11) is -1.54. The van der Waals surface area contributed by atoms with E-state index in [0.29, 0.717) is 11.3 Å². The number of benzene rings is 3. The van der Waals surface area contributed by atoms with Gasteiger partial charge in [-0.3, -0.25) is 24.0 Å². The Morgan fingerprint density at radius 2 is 1.73 bits per heavy atom. The first-order valence-electron chi connectivity index (χ1n) is 12.9. The molecule has 0 saturated carbocycles. The van der Waals surface area contributed by atoms with Crippen molar-refractivity contribution in [3.8, 4) is 5.75 Å². The van der Waals surface area contributed by atoms with Crippen LogP contribution in [0.15, 0.2) is 71.6 Å². The van der Waals surface area contributed by atoms with Crippen molar-refractivity contribution in [1.29, 1.82) is 0 Å². The highest BCUT2D eigenvalue weighted by molar-refractivity contribution is 7.92. The van der Waals surface area contributed by atoms with Crippen LogP contribution >= 0.6 is 0 Å². The number of nitrogens with zero attached hydrogens (tertiary/aromatic N) is 3. The summed E-state index contributed by atoms with van der Waals surface area (Å²) in [5.74, 6) is -0.542. The minimum atomic E-state index is -4.47. The van der Waals surface area contributed by atoms with Crippen LogP contribution in [-0.2, 0) is 26.2 Å². The van der Waals surface area contributed by atoms with Gasteiger partial charge in [-0.05, 0) is 56.2 Å². The Morgan fingerprint density at radius 1 is 1.05 bits per heavy atom. The molecule has 11 nitrogen and oxygen atoms in total. The van der Waals surface area contributed by atoms with E-state index in [0.717, 1.165) is 21.5 Å². The molecule has 3 aromatic rings. The summed E-state index contributed by atoms with van der Waals surface area (Å²) in [5, 5.41) is 14.1. The van der Waals surface area contributed by atoms with Gasteiger partial charge in [-0.2, -0.15) is 0 Å². The van der Waals surface area contributed by atoms with Gasteiger partial charge in [-0.25, -0.2) is 8.42 Å². The molecule has 0 aliphatic rings. The van der Waals surface area contributed by atoms with Crippen LogP contribution in [0.3, 0.4) is 0 Å². The van der Waals surface area contributed by atoms with Crippen LogP contribution in [-0.4, -0.2) is 56.8 Å². The van der Waals surface area contributed by atoms with Crippen molar-refractivity contribution in [2.24, 2.45) is 0 Å². The van der Waals surface area contributed by atoms with E-state index in [2.05, 4.69) is 5.32 Å². The normalized spacial score (nSPS) is 11.8. The second-order valence-electron chi connectivity index (χ2n) is 9.46. The summed E-state index contributed by atoms with van der Waals surface area (Å²) >= 11 is 0. The van der Waals surface area contributed by atoms with Crippen LogP contribution < -0.4 is 14.4 Å². The maximum atomic E-state index is 14.0. The molecule has 0 bridgehead atoms. The van der Waals surface area contributed by atoms with Gasteiger partial charge in [0.1, 0.15) is 18.3 Å². The lowest BCUT2D eigenvalue weighted by atomic mass is 10.1. The van der Waals surface area contributed by atoms with Crippen molar-refractivity contribution in [3.63, 3.8) is 0 Å². The fourth-order valence-electron chi connectivity index (χ4n) is 4.44. The minimum Gasteiger partial charge on any atom is -0.497 e. The molecular weight excluding hydrogens is 548 g/mol. The van der Waals surface area contributed by atoms with Crippen LogP contribution in [0.1, 0.15) is 30.0 Å². The fraction of sp³-hybridized carbons (Fsp3) is 0.310. The summed E-state index contributed by atoms with van der Waals surface area (Å²) in [6.07, 6.45) is 0.288. The lowest BCUT2D eigenvalue weighted by Crippen LogP contribution is -2.51. The Labute approximate surface area is 239 Å². The predicted octanol–water partition coefficient (Wildman–Crippen LogP) is 3.97. The number of nitro groups is 1. The van der Waals surface area contributed by atoms with E-state index in [1.54, 1.807) is 19.1 Å². The molecule has 1 N–H and O–H groups in total. The maximum absolute atomic E-state index is 14.0. The fourth-order valence-corrected chi connectivity index (χ4v) is 5.88. The number of rotatable bonds is 12. The molecule has 0 unspecified atom stereocenters. The quantitative estimate of drug-likeness (QED) is 0.252. The first-order valence-corrected chi connectivity index (χ1v) is 14.3. The zero-order valence-electron chi connectivity index (χ0n) is 23.7. The number of hydrogen-bond donors (Lipinski definition) is 1. The minimum absolute atomic E-state index is 0.0684. The number of nitrogens with one attached hydrogen (secondary N) is 1. The van der Waals surface area contributed by atoms with Crippen molar-refractivity contribution >= 4 is 33.2 Å². The number of amides is 2. The van der Waals surface area contributed by atoms with Gasteiger partial charge in [0.25, 0.3) is 15.7 Å². The predicted molar refractivity (Wildman–Crippen MR) is 155 cm³/mol. The first-order chi connectivity index (χ1) is 19.4. The number of methoxy groups -OCH3 is 1. The molecule has 3 aromatic carbocycles. The third kappa shape index (κ3) is 7.20. The molecule has 0 aliphatic heterocycles. The number of aryl methyl sites for hydroxylation is 2. The smallest absolute Gasteiger partial charge is 0.273 e. The molecule has 0 saturated heterocycles. The second kappa shape index (κ2) is 13.3. The van der Waals surface area contributed by atoms with E-state index in [-0.39, 0.29) is 35.1 Å². The molecule has 0 heterocycles. The van der Waals surface area contributed by atoms with Crippen LogP contribution in [0.2, 0.25) is 0 Å². The molecule has 0 radical (unpaired) electrons. The van der Waals surface area contributed by atoms with Crippen LogP contribution in [0.5, 0.6) is 5.75 Å². The third-order valence-electron chi connectivity index (χ3n) is 6.67. The summed E-state index contributed by atoms with van der Waals surface area (Å²) in [4.78, 5) is 38.7. The van der Waals surface area contributed by atoms with Gasteiger partial charge in [-0.15, -0.1) is 0 Å². The summed E-state index contributed by atoms with van der Waals surface area (Å²) in [6, 6.07) is 16.2. The SMILES string of the molecule is CC[C@@H](C(=O)NC)N(Cc1cccc(C)c1)C(=O)CN(c1ccc(OC)cc1)S(=O)(=O)c1ccc(C)c([N+](=O)[O-])c1. The van der Waals surface area contributed by atoms with Gasteiger partial charge in [-0.1, -0.05) is 42.8 Å². The average Bonchev–Trinajstić information content (AvgIpc) is 2.95. The zero-order valence-corrected chi connectivity index (χ0v) is 24.5. The highest BCUT2D eigenvalue weighted by Crippen LogP contribution is 2.29. The standard InChI is InChI=1S/C29H34N4O7S/c1-6-26(29(35)30-4)31(18-22-9-7-8-20(2)16-22)28(34)19-32(23-11-13-24(40-5)14-12-23)41(38,39)25-15-10-21(3)27(17-25)33(36)37/h7-17,26H,6,18-19H2,1-5H3,(H,30,35)/t26-/m0/s1. The lowest BCUT2D eigenvalue weighted by molar-refractivity contribution is -0.385. The lowest BCUT2D eigenvalue weighted by Gasteiger charge is -2.33. The van der Waals surface area contributed by atoms with Crippen LogP contribution in [0.25, 0.3) is 0 Å². The Kier molecular flexibility index (Phi) is 10.1. The molecule has 3 rings (SSSR count). The molecule has 2 amide bonds. The molecule has 41 heavy (non-hydrogen) atoms. The number of hydrogen-bond acceptors (Lipinski definition) is 7. The summed E-state index contributed by atoms with van der Waals surface area (Å²) in [6.45, 7) is 4.59. The van der Waals surface area contributed by atoms with E-state index in [9.17, 15) is 28.1 Å². The second-order valence-corrected chi connectivity index (χ2v) is 11.3. The molecule has 218 valence electrons. The summed E-state index contributed by atoms with van der Waals surface area (Å²) < 4.78 is 34.1. The van der Waals surface area contributed by atoms with E-state index in [4.69, 9.17) is 4.74 Å². The van der Waals surface area contributed by atoms with Gasteiger partial charge < -0.3 is 15.0 Å². The Bertz CT molecular complexity index is 1520.